The largest absolute Gasteiger partial charge is 0.396 e. The quantitative estimate of drug-likeness (QED) is 0.706. The second-order valence-corrected chi connectivity index (χ2v) is 2.89. The van der Waals surface area contributed by atoms with Crippen LogP contribution < -0.4 is 5.73 Å². The van der Waals surface area contributed by atoms with Gasteiger partial charge in [-0.2, -0.15) is 5.10 Å². The van der Waals surface area contributed by atoms with Gasteiger partial charge in [0.25, 0.3) is 0 Å². The molecule has 0 bridgehead atoms. The monoisotopic (exact) mass is 178 g/mol. The number of nitrogen functional groups attached to an aromatic ring is 1. The Balaban J connectivity index is 2.57. The van der Waals surface area contributed by atoms with E-state index in [1.165, 1.54) is 0 Å². The highest BCUT2D eigenvalue weighted by Gasteiger charge is 2.11. The molecule has 2 aromatic heterocycles. The summed E-state index contributed by atoms with van der Waals surface area (Å²) < 4.78 is 6.62. The molecule has 2 N–H and O–H groups in total. The summed E-state index contributed by atoms with van der Waals surface area (Å²) in [7, 11) is 1.82. The van der Waals surface area contributed by atoms with Gasteiger partial charge in [0.1, 0.15) is 17.1 Å². The lowest BCUT2D eigenvalue weighted by atomic mass is 10.2. The summed E-state index contributed by atoms with van der Waals surface area (Å²) in [5.41, 5.74) is 7.83. The van der Waals surface area contributed by atoms with E-state index in [0.717, 1.165) is 17.1 Å². The number of hydrogen-bond donors (Lipinski definition) is 1. The van der Waals surface area contributed by atoms with Crippen molar-refractivity contribution in [3.05, 3.63) is 18.0 Å². The molecule has 0 spiro atoms. The molecule has 0 saturated carbocycles. The molecule has 0 unspecified atom stereocenters. The van der Waals surface area contributed by atoms with Crippen LogP contribution in [0, 0.1) is 6.92 Å². The number of rotatable bonds is 1. The van der Waals surface area contributed by atoms with Crippen LogP contribution in [0.2, 0.25) is 0 Å². The van der Waals surface area contributed by atoms with Crippen molar-refractivity contribution in [2.45, 2.75) is 6.92 Å². The average Bonchev–Trinajstić information content (AvgIpc) is 2.60. The van der Waals surface area contributed by atoms with E-state index in [-0.39, 0.29) is 0 Å². The van der Waals surface area contributed by atoms with Crippen LogP contribution in [0.4, 0.5) is 5.69 Å². The van der Waals surface area contributed by atoms with E-state index in [0.29, 0.717) is 5.69 Å². The van der Waals surface area contributed by atoms with Crippen LogP contribution in [0.3, 0.4) is 0 Å². The molecule has 2 heterocycles. The van der Waals surface area contributed by atoms with Crippen LogP contribution in [-0.2, 0) is 7.05 Å². The van der Waals surface area contributed by atoms with E-state index in [1.807, 2.05) is 20.0 Å². The first-order valence-electron chi connectivity index (χ1n) is 3.89. The lowest BCUT2D eigenvalue weighted by Crippen LogP contribution is -1.95. The Morgan fingerprint density at radius 2 is 2.31 bits per heavy atom. The van der Waals surface area contributed by atoms with E-state index >= 15 is 0 Å². The first-order valence-corrected chi connectivity index (χ1v) is 3.89. The molecule has 2 rings (SSSR count). The molecule has 0 saturated heterocycles. The fraction of sp³-hybridized carbons (Fsp3) is 0.250. The van der Waals surface area contributed by atoms with Gasteiger partial charge in [-0.1, -0.05) is 5.16 Å². The Hall–Kier alpha value is -1.78. The van der Waals surface area contributed by atoms with Crippen LogP contribution in [0.15, 0.2) is 16.8 Å². The van der Waals surface area contributed by atoms with Crippen molar-refractivity contribution in [2.75, 3.05) is 5.73 Å². The lowest BCUT2D eigenvalue weighted by molar-refractivity contribution is 0.399. The number of aromatic nitrogens is 3. The van der Waals surface area contributed by atoms with Crippen LogP contribution in [0.5, 0.6) is 0 Å². The van der Waals surface area contributed by atoms with E-state index in [9.17, 15) is 0 Å². The molecule has 0 fully saturated rings. The third-order valence-corrected chi connectivity index (χ3v) is 1.84. The molecule has 13 heavy (non-hydrogen) atoms. The summed E-state index contributed by atoms with van der Waals surface area (Å²) in [4.78, 5) is 0. The van der Waals surface area contributed by atoms with Gasteiger partial charge in [0, 0.05) is 13.1 Å². The zero-order valence-electron chi connectivity index (χ0n) is 7.48. The van der Waals surface area contributed by atoms with E-state index in [4.69, 9.17) is 10.3 Å². The fourth-order valence-corrected chi connectivity index (χ4v) is 1.25. The van der Waals surface area contributed by atoms with Crippen LogP contribution in [0.25, 0.3) is 11.4 Å². The standard InChI is InChI=1S/C8H10N4O/c1-5-3-7(11-13-5)8-6(9)4-10-12(8)2/h3-4H,9H2,1-2H3. The Morgan fingerprint density at radius 1 is 1.54 bits per heavy atom. The van der Waals surface area contributed by atoms with Gasteiger partial charge < -0.3 is 10.3 Å². The molecule has 0 aliphatic carbocycles. The molecule has 0 aromatic carbocycles. The lowest BCUT2D eigenvalue weighted by Gasteiger charge is -1.96. The van der Waals surface area contributed by atoms with Crippen molar-refractivity contribution in [1.82, 2.24) is 14.9 Å². The van der Waals surface area contributed by atoms with Gasteiger partial charge in [0.15, 0.2) is 0 Å². The Bertz CT molecular complexity index is 410. The molecule has 5 nitrogen and oxygen atoms in total. The van der Waals surface area contributed by atoms with Crippen molar-refractivity contribution in [2.24, 2.45) is 7.05 Å². The zero-order valence-corrected chi connectivity index (χ0v) is 7.48. The van der Waals surface area contributed by atoms with Gasteiger partial charge in [0.2, 0.25) is 0 Å². The Labute approximate surface area is 75.1 Å². The average molecular weight is 178 g/mol. The van der Waals surface area contributed by atoms with Crippen molar-refractivity contribution in [3.8, 4) is 11.4 Å². The van der Waals surface area contributed by atoms with Gasteiger partial charge in [-0.3, -0.25) is 4.68 Å². The maximum Gasteiger partial charge on any atom is 0.134 e. The smallest absolute Gasteiger partial charge is 0.134 e. The molecule has 68 valence electrons. The molecular formula is C8H10N4O. The van der Waals surface area contributed by atoms with Crippen molar-refractivity contribution < 1.29 is 4.52 Å². The topological polar surface area (TPSA) is 69.9 Å². The zero-order chi connectivity index (χ0) is 9.42. The van der Waals surface area contributed by atoms with E-state index in [1.54, 1.807) is 10.9 Å². The predicted octanol–water partition coefficient (Wildman–Crippen LogP) is 0.966. The molecule has 0 aliphatic rings. The van der Waals surface area contributed by atoms with Crippen LogP contribution in [-0.4, -0.2) is 14.9 Å². The molecule has 0 aliphatic heterocycles. The maximum absolute atomic E-state index is 5.72. The Kier molecular flexibility index (Phi) is 1.58. The second-order valence-electron chi connectivity index (χ2n) is 2.89. The predicted molar refractivity (Wildman–Crippen MR) is 47.9 cm³/mol. The number of anilines is 1. The summed E-state index contributed by atoms with van der Waals surface area (Å²) in [5.74, 6) is 0.760. The summed E-state index contributed by atoms with van der Waals surface area (Å²) in [6.07, 6.45) is 1.60. The van der Waals surface area contributed by atoms with E-state index in [2.05, 4.69) is 10.3 Å². The molecular weight excluding hydrogens is 168 g/mol. The minimum absolute atomic E-state index is 0.607. The van der Waals surface area contributed by atoms with Gasteiger partial charge in [0.05, 0.1) is 11.9 Å². The minimum Gasteiger partial charge on any atom is -0.396 e. The number of nitrogens with two attached hydrogens (primary N) is 1. The first kappa shape index (κ1) is 7.85. The summed E-state index contributed by atoms with van der Waals surface area (Å²) in [6, 6.07) is 1.83. The molecule has 2 aromatic rings. The third kappa shape index (κ3) is 1.18. The summed E-state index contributed by atoms with van der Waals surface area (Å²) in [5, 5.41) is 7.88. The van der Waals surface area contributed by atoms with Gasteiger partial charge in [-0.25, -0.2) is 0 Å². The Morgan fingerprint density at radius 3 is 2.77 bits per heavy atom. The minimum atomic E-state index is 0.607. The summed E-state index contributed by atoms with van der Waals surface area (Å²) >= 11 is 0. The van der Waals surface area contributed by atoms with Crippen LogP contribution in [0.1, 0.15) is 5.76 Å². The number of nitrogens with zero attached hydrogens (tertiary/aromatic N) is 3. The highest BCUT2D eigenvalue weighted by Crippen LogP contribution is 2.23. The SMILES string of the molecule is Cc1cc(-c2c(N)cnn2C)no1. The number of aryl methyl sites for hydroxylation is 2. The normalized spacial score (nSPS) is 10.6. The van der Waals surface area contributed by atoms with Gasteiger partial charge in [-0.15, -0.1) is 0 Å². The summed E-state index contributed by atoms with van der Waals surface area (Å²) in [6.45, 7) is 1.84. The van der Waals surface area contributed by atoms with Crippen molar-refractivity contribution in [1.29, 1.82) is 0 Å². The second kappa shape index (κ2) is 2.62. The first-order chi connectivity index (χ1) is 6.18. The van der Waals surface area contributed by atoms with E-state index < -0.39 is 0 Å². The highest BCUT2D eigenvalue weighted by molar-refractivity contribution is 5.69. The van der Waals surface area contributed by atoms with Gasteiger partial charge in [-0.05, 0) is 6.92 Å². The fourth-order valence-electron chi connectivity index (χ4n) is 1.25. The van der Waals surface area contributed by atoms with Gasteiger partial charge >= 0.3 is 0 Å². The van der Waals surface area contributed by atoms with Crippen molar-refractivity contribution >= 4 is 5.69 Å². The molecule has 0 atom stereocenters. The highest BCUT2D eigenvalue weighted by atomic mass is 16.5. The van der Waals surface area contributed by atoms with Crippen molar-refractivity contribution in [3.63, 3.8) is 0 Å². The third-order valence-electron chi connectivity index (χ3n) is 1.84. The number of hydrogen-bond acceptors (Lipinski definition) is 4. The van der Waals surface area contributed by atoms with Crippen LogP contribution >= 0.6 is 0 Å². The molecule has 5 heteroatoms. The molecule has 0 radical (unpaired) electrons. The maximum atomic E-state index is 5.72. The molecule has 0 amide bonds.